The number of nitrogens with zero attached hydrogens (tertiary/aromatic N) is 1. The molecule has 2 aromatic rings. The Labute approximate surface area is 190 Å². The number of hydrogen-bond donors (Lipinski definition) is 1. The molecule has 2 aliphatic rings. The molecule has 2 aromatic carbocycles. The summed E-state index contributed by atoms with van der Waals surface area (Å²) in [7, 11) is 0. The van der Waals surface area contributed by atoms with Gasteiger partial charge in [-0.25, -0.2) is 0 Å². The van der Waals surface area contributed by atoms with Gasteiger partial charge in [0.15, 0.2) is 0 Å². The molecule has 1 heterocycles. The van der Waals surface area contributed by atoms with E-state index in [2.05, 4.69) is 19.9 Å². The Balaban J connectivity index is 1.38. The zero-order valence-corrected chi connectivity index (χ0v) is 18.7. The minimum absolute atomic E-state index is 0.0790. The summed E-state index contributed by atoms with van der Waals surface area (Å²) in [6.07, 6.45) is 7.38. The van der Waals surface area contributed by atoms with Gasteiger partial charge >= 0.3 is 0 Å². The van der Waals surface area contributed by atoms with Crippen molar-refractivity contribution in [2.45, 2.75) is 39.5 Å². The fraction of sp³-hybridized carbons (Fsp3) is 0.370. The van der Waals surface area contributed by atoms with Crippen LogP contribution in [0.4, 0.5) is 0 Å². The third kappa shape index (κ3) is 5.22. The van der Waals surface area contributed by atoms with Gasteiger partial charge in [0.2, 0.25) is 5.91 Å². The van der Waals surface area contributed by atoms with Gasteiger partial charge in [0.05, 0.1) is 6.61 Å². The molecule has 32 heavy (non-hydrogen) atoms. The Morgan fingerprint density at radius 2 is 2.06 bits per heavy atom. The van der Waals surface area contributed by atoms with Gasteiger partial charge in [-0.2, -0.15) is 0 Å². The second-order valence-electron chi connectivity index (χ2n) is 8.70. The van der Waals surface area contributed by atoms with Crippen LogP contribution < -0.4 is 4.74 Å². The summed E-state index contributed by atoms with van der Waals surface area (Å²) >= 11 is 0. The third-order valence-corrected chi connectivity index (χ3v) is 6.33. The number of hydrogen-bond acceptors (Lipinski definition) is 4. The first-order valence-electron chi connectivity index (χ1n) is 11.3. The van der Waals surface area contributed by atoms with Crippen LogP contribution in [-0.4, -0.2) is 35.3 Å². The van der Waals surface area contributed by atoms with Gasteiger partial charge in [0.25, 0.3) is 0 Å². The van der Waals surface area contributed by atoms with Crippen LogP contribution in [0.3, 0.4) is 0 Å². The van der Waals surface area contributed by atoms with E-state index in [1.165, 1.54) is 11.6 Å². The fourth-order valence-corrected chi connectivity index (χ4v) is 4.55. The first-order valence-corrected chi connectivity index (χ1v) is 11.3. The first-order chi connectivity index (χ1) is 15.5. The summed E-state index contributed by atoms with van der Waals surface area (Å²) in [6.45, 7) is 5.96. The van der Waals surface area contributed by atoms with Gasteiger partial charge in [-0.1, -0.05) is 48.9 Å². The van der Waals surface area contributed by atoms with E-state index in [1.807, 2.05) is 35.2 Å². The molecule has 1 amide bonds. The third-order valence-electron chi connectivity index (χ3n) is 6.33. The van der Waals surface area contributed by atoms with Crippen molar-refractivity contribution in [2.75, 3.05) is 13.2 Å². The smallest absolute Gasteiger partial charge is 0.248 e. The Hall–Kier alpha value is -3.05. The van der Waals surface area contributed by atoms with Crippen molar-refractivity contribution in [2.24, 2.45) is 11.8 Å². The van der Waals surface area contributed by atoms with E-state index in [9.17, 15) is 9.90 Å². The minimum Gasteiger partial charge on any atom is -0.507 e. The number of phenols is 1. The Morgan fingerprint density at radius 3 is 2.81 bits per heavy atom. The number of carbonyl (C=O) groups excluding carboxylic acids is 1. The van der Waals surface area contributed by atoms with Crippen molar-refractivity contribution in [3.8, 4) is 11.5 Å². The zero-order chi connectivity index (χ0) is 22.5. The van der Waals surface area contributed by atoms with Crippen molar-refractivity contribution in [3.63, 3.8) is 0 Å². The number of allylic oxidation sites excluding steroid dienone is 2. The average Bonchev–Trinajstić information content (AvgIpc) is 3.27. The second-order valence-corrected chi connectivity index (χ2v) is 8.70. The van der Waals surface area contributed by atoms with Gasteiger partial charge in [0.1, 0.15) is 24.3 Å². The highest BCUT2D eigenvalue weighted by molar-refractivity contribution is 5.92. The highest BCUT2D eigenvalue weighted by Crippen LogP contribution is 2.35. The van der Waals surface area contributed by atoms with E-state index in [4.69, 9.17) is 9.47 Å². The lowest BCUT2D eigenvalue weighted by Crippen LogP contribution is -2.42. The summed E-state index contributed by atoms with van der Waals surface area (Å²) in [6, 6.07) is 15.0. The molecule has 0 spiro atoms. The first kappa shape index (κ1) is 22.2. The monoisotopic (exact) mass is 433 g/mol. The number of benzene rings is 2. The average molecular weight is 434 g/mol. The molecule has 0 aromatic heterocycles. The van der Waals surface area contributed by atoms with Crippen LogP contribution in [0.25, 0.3) is 6.08 Å². The largest absolute Gasteiger partial charge is 0.507 e. The molecule has 0 bridgehead atoms. The number of aromatic hydroxyl groups is 1. The standard InChI is InChI=1S/C27H31NO4/c1-19-8-12-24(20(2)16-19)27-28(14-15-31-27)26(30)13-10-22-9-11-23(17-25(22)29)32-18-21-6-4-3-5-7-21/h3-7,9-11,13,16-17,20,24,27,29H,8,12,14-15,18H2,1-2H3/b13-10+. The number of carbonyl (C=O) groups is 1. The van der Waals surface area contributed by atoms with Crippen molar-refractivity contribution >= 4 is 12.0 Å². The molecule has 5 heteroatoms. The van der Waals surface area contributed by atoms with Crippen LogP contribution in [0.1, 0.15) is 37.8 Å². The van der Waals surface area contributed by atoms with E-state index in [-0.39, 0.29) is 17.9 Å². The quantitative estimate of drug-likeness (QED) is 0.505. The molecule has 5 nitrogen and oxygen atoms in total. The highest BCUT2D eigenvalue weighted by Gasteiger charge is 2.38. The fourth-order valence-electron chi connectivity index (χ4n) is 4.55. The van der Waals surface area contributed by atoms with Crippen molar-refractivity contribution in [1.82, 2.24) is 4.90 Å². The van der Waals surface area contributed by atoms with Crippen LogP contribution >= 0.6 is 0 Å². The van der Waals surface area contributed by atoms with E-state index in [0.29, 0.717) is 42.9 Å². The van der Waals surface area contributed by atoms with Crippen LogP contribution in [0.15, 0.2) is 66.3 Å². The lowest BCUT2D eigenvalue weighted by Gasteiger charge is -2.35. The lowest BCUT2D eigenvalue weighted by molar-refractivity contribution is -0.134. The summed E-state index contributed by atoms with van der Waals surface area (Å²) < 4.78 is 11.7. The van der Waals surface area contributed by atoms with Crippen molar-refractivity contribution in [1.29, 1.82) is 0 Å². The maximum atomic E-state index is 12.9. The lowest BCUT2D eigenvalue weighted by atomic mass is 9.80. The number of ether oxygens (including phenoxy) is 2. The molecule has 1 fully saturated rings. The molecule has 4 rings (SSSR count). The highest BCUT2D eigenvalue weighted by atomic mass is 16.5. The molecule has 1 N–H and O–H groups in total. The second kappa shape index (κ2) is 10.0. The molecule has 3 atom stereocenters. The van der Waals surface area contributed by atoms with Crippen LogP contribution in [0.2, 0.25) is 0 Å². The van der Waals surface area contributed by atoms with E-state index < -0.39 is 0 Å². The van der Waals surface area contributed by atoms with Gasteiger partial charge in [-0.3, -0.25) is 4.79 Å². The van der Waals surface area contributed by atoms with Gasteiger partial charge in [0, 0.05) is 30.2 Å². The Morgan fingerprint density at radius 1 is 1.25 bits per heavy atom. The number of rotatable bonds is 6. The molecule has 1 aliphatic carbocycles. The summed E-state index contributed by atoms with van der Waals surface area (Å²) in [5.74, 6) is 1.27. The van der Waals surface area contributed by atoms with Crippen molar-refractivity contribution in [3.05, 3.63) is 77.4 Å². The predicted molar refractivity (Wildman–Crippen MR) is 125 cm³/mol. The molecule has 1 aliphatic heterocycles. The topological polar surface area (TPSA) is 59.0 Å². The van der Waals surface area contributed by atoms with Gasteiger partial charge in [-0.05, 0) is 49.5 Å². The maximum Gasteiger partial charge on any atom is 0.248 e. The Bertz CT molecular complexity index is 998. The molecule has 0 saturated carbocycles. The normalized spacial score (nSPS) is 23.4. The number of phenolic OH excluding ortho intramolecular Hbond substituents is 1. The van der Waals surface area contributed by atoms with Crippen LogP contribution in [-0.2, 0) is 16.1 Å². The summed E-state index contributed by atoms with van der Waals surface area (Å²) in [5, 5.41) is 10.4. The molecular formula is C27H31NO4. The summed E-state index contributed by atoms with van der Waals surface area (Å²) in [5.41, 5.74) is 3.05. The van der Waals surface area contributed by atoms with Crippen LogP contribution in [0, 0.1) is 11.8 Å². The molecule has 0 radical (unpaired) electrons. The Kier molecular flexibility index (Phi) is 6.96. The maximum absolute atomic E-state index is 12.9. The van der Waals surface area contributed by atoms with E-state index in [1.54, 1.807) is 24.3 Å². The molecular weight excluding hydrogens is 402 g/mol. The SMILES string of the molecule is CC1=CC(C)C(C2OCCN2C(=O)/C=C/c2ccc(OCc3ccccc3)cc2O)CC1. The van der Waals surface area contributed by atoms with Crippen LogP contribution in [0.5, 0.6) is 11.5 Å². The molecule has 1 saturated heterocycles. The van der Waals surface area contributed by atoms with Crippen molar-refractivity contribution < 1.29 is 19.4 Å². The van der Waals surface area contributed by atoms with Gasteiger partial charge < -0.3 is 19.5 Å². The zero-order valence-electron chi connectivity index (χ0n) is 18.7. The number of amides is 1. The molecule has 3 unspecified atom stereocenters. The van der Waals surface area contributed by atoms with Gasteiger partial charge in [-0.15, -0.1) is 0 Å². The van der Waals surface area contributed by atoms with E-state index in [0.717, 1.165) is 18.4 Å². The predicted octanol–water partition coefficient (Wildman–Crippen LogP) is 5.16. The minimum atomic E-state index is -0.186. The molecule has 168 valence electrons. The summed E-state index contributed by atoms with van der Waals surface area (Å²) in [4.78, 5) is 14.7. The van der Waals surface area contributed by atoms with E-state index >= 15 is 0 Å².